The van der Waals surface area contributed by atoms with Gasteiger partial charge in [-0.3, -0.25) is 24.0 Å². The Morgan fingerprint density at radius 2 is 1.14 bits per heavy atom. The molecule has 2 aromatic rings. The molecule has 2 fully saturated rings. The fraction of sp³-hybridized carbons (Fsp3) is 0.487. The van der Waals surface area contributed by atoms with E-state index in [9.17, 15) is 28.8 Å². The number of amides is 2. The second-order valence-electron chi connectivity index (χ2n) is 12.9. The molecule has 0 aromatic heterocycles. The molecule has 2 saturated heterocycles. The molecule has 0 saturated carbocycles. The van der Waals surface area contributed by atoms with Crippen molar-refractivity contribution in [1.29, 1.82) is 0 Å². The van der Waals surface area contributed by atoms with Gasteiger partial charge in [-0.2, -0.15) is 0 Å². The van der Waals surface area contributed by atoms with Gasteiger partial charge in [-0.05, 0) is 17.7 Å². The predicted octanol–water partition coefficient (Wildman–Crippen LogP) is 1.90. The zero-order chi connectivity index (χ0) is 40.8. The first-order valence-corrected chi connectivity index (χ1v) is 17.9. The molecule has 0 unspecified atom stereocenters. The van der Waals surface area contributed by atoms with Crippen LogP contribution in [-0.2, 0) is 73.2 Å². The Morgan fingerprint density at radius 1 is 0.625 bits per heavy atom. The summed E-state index contributed by atoms with van der Waals surface area (Å²) >= 11 is 0. The number of ether oxygens (including phenoxy) is 9. The molecule has 2 heterocycles. The van der Waals surface area contributed by atoms with Crippen molar-refractivity contribution in [3.63, 3.8) is 0 Å². The molecule has 2 N–H and O–H groups in total. The number of esters is 4. The maximum absolute atomic E-state index is 13.6. The van der Waals surface area contributed by atoms with E-state index >= 15 is 0 Å². The molecular formula is C39H48N2O15. The number of benzene rings is 2. The van der Waals surface area contributed by atoms with Gasteiger partial charge in [-0.1, -0.05) is 54.6 Å². The van der Waals surface area contributed by atoms with Gasteiger partial charge in [0.05, 0.1) is 25.4 Å². The zero-order valence-electron chi connectivity index (χ0n) is 31.8. The van der Waals surface area contributed by atoms with Crippen LogP contribution in [0.3, 0.4) is 0 Å². The molecule has 4 rings (SSSR count). The van der Waals surface area contributed by atoms with E-state index in [1.807, 2.05) is 30.3 Å². The van der Waals surface area contributed by atoms with Crippen molar-refractivity contribution in [3.05, 3.63) is 84.4 Å². The minimum atomic E-state index is -1.46. The van der Waals surface area contributed by atoms with E-state index in [0.29, 0.717) is 0 Å². The van der Waals surface area contributed by atoms with Gasteiger partial charge in [0.1, 0.15) is 37.0 Å². The van der Waals surface area contributed by atoms with E-state index < -0.39 is 110 Å². The van der Waals surface area contributed by atoms with Crippen molar-refractivity contribution in [2.75, 3.05) is 19.8 Å². The summed E-state index contributed by atoms with van der Waals surface area (Å²) in [5.41, 5.74) is 0.988. The third-order valence-electron chi connectivity index (χ3n) is 8.43. The smallest absolute Gasteiger partial charge is 0.338 e. The Morgan fingerprint density at radius 3 is 1.68 bits per heavy atom. The second-order valence-corrected chi connectivity index (χ2v) is 12.9. The number of hydrogen-bond acceptors (Lipinski definition) is 15. The summed E-state index contributed by atoms with van der Waals surface area (Å²) in [6.45, 7) is 8.72. The SMILES string of the molecule is C=CCO[C@@H]1O[C@H](CO[C@@H]2O[C@H](COC(C)=O)[C@@H](OC(C)=O)[C@H](OC(C)=O)[C@H]2NC(C)=O)[C@@H](OCc2ccccc2)[C@H](OC(=O)c2ccccc2)[C@H]1NC(C)=O. The Hall–Kier alpha value is -5.20. The van der Waals surface area contributed by atoms with Crippen molar-refractivity contribution >= 4 is 35.7 Å². The van der Waals surface area contributed by atoms with Crippen molar-refractivity contribution in [2.45, 2.75) is 103 Å². The molecule has 0 radical (unpaired) electrons. The monoisotopic (exact) mass is 784 g/mol. The zero-order valence-corrected chi connectivity index (χ0v) is 31.8. The van der Waals surface area contributed by atoms with E-state index in [0.717, 1.165) is 26.3 Å². The Bertz CT molecular complexity index is 1660. The molecule has 0 aliphatic carbocycles. The first kappa shape index (κ1) is 43.5. The lowest BCUT2D eigenvalue weighted by Crippen LogP contribution is -2.68. The Kier molecular flexibility index (Phi) is 16.5. The van der Waals surface area contributed by atoms with E-state index in [1.165, 1.54) is 19.9 Å². The Balaban J connectivity index is 1.76. The van der Waals surface area contributed by atoms with Gasteiger partial charge in [0.25, 0.3) is 0 Å². The molecular weight excluding hydrogens is 736 g/mol. The summed E-state index contributed by atoms with van der Waals surface area (Å²) in [5, 5.41) is 5.43. The third kappa shape index (κ3) is 12.7. The highest BCUT2D eigenvalue weighted by Gasteiger charge is 2.54. The fourth-order valence-corrected chi connectivity index (χ4v) is 6.23. The number of nitrogens with one attached hydrogen (secondary N) is 2. The maximum atomic E-state index is 13.6. The molecule has 2 aromatic carbocycles. The van der Waals surface area contributed by atoms with Crippen LogP contribution >= 0.6 is 0 Å². The molecule has 2 amide bonds. The average molecular weight is 785 g/mol. The predicted molar refractivity (Wildman–Crippen MR) is 193 cm³/mol. The van der Waals surface area contributed by atoms with E-state index in [2.05, 4.69) is 17.2 Å². The van der Waals surface area contributed by atoms with Crippen LogP contribution in [0.4, 0.5) is 0 Å². The lowest BCUT2D eigenvalue weighted by molar-refractivity contribution is -0.308. The topological polar surface area (TPSA) is 210 Å². The largest absolute Gasteiger partial charge is 0.463 e. The quantitative estimate of drug-likeness (QED) is 0.133. The van der Waals surface area contributed by atoms with Gasteiger partial charge in [-0.15, -0.1) is 6.58 Å². The molecule has 56 heavy (non-hydrogen) atoms. The summed E-state index contributed by atoms with van der Waals surface area (Å²) in [6, 6.07) is 15.0. The van der Waals surface area contributed by atoms with Crippen LogP contribution in [0.5, 0.6) is 0 Å². The van der Waals surface area contributed by atoms with Crippen LogP contribution in [0.2, 0.25) is 0 Å². The summed E-state index contributed by atoms with van der Waals surface area (Å²) in [7, 11) is 0. The number of rotatable bonds is 17. The van der Waals surface area contributed by atoms with Crippen molar-refractivity contribution < 1.29 is 71.4 Å². The van der Waals surface area contributed by atoms with E-state index in [1.54, 1.807) is 30.3 Å². The minimum Gasteiger partial charge on any atom is -0.463 e. The van der Waals surface area contributed by atoms with Gasteiger partial charge >= 0.3 is 23.9 Å². The van der Waals surface area contributed by atoms with Gasteiger partial charge in [0.2, 0.25) is 11.8 Å². The van der Waals surface area contributed by atoms with Crippen LogP contribution in [0.15, 0.2) is 73.3 Å². The van der Waals surface area contributed by atoms with Crippen molar-refractivity contribution in [1.82, 2.24) is 10.6 Å². The summed E-state index contributed by atoms with van der Waals surface area (Å²) < 4.78 is 53.7. The molecule has 2 aliphatic rings. The molecule has 2 aliphatic heterocycles. The first-order valence-electron chi connectivity index (χ1n) is 17.9. The van der Waals surface area contributed by atoms with Crippen LogP contribution in [-0.4, -0.2) is 117 Å². The van der Waals surface area contributed by atoms with Crippen LogP contribution in [0.25, 0.3) is 0 Å². The highest BCUT2D eigenvalue weighted by molar-refractivity contribution is 5.89. The van der Waals surface area contributed by atoms with E-state index in [-0.39, 0.29) is 18.8 Å². The van der Waals surface area contributed by atoms with Gasteiger partial charge in [0, 0.05) is 34.6 Å². The van der Waals surface area contributed by atoms with Crippen LogP contribution in [0, 0.1) is 0 Å². The lowest BCUT2D eigenvalue weighted by atomic mass is 9.95. The van der Waals surface area contributed by atoms with Crippen molar-refractivity contribution in [2.24, 2.45) is 0 Å². The van der Waals surface area contributed by atoms with E-state index in [4.69, 9.17) is 42.6 Å². The van der Waals surface area contributed by atoms with Gasteiger partial charge in [0.15, 0.2) is 30.9 Å². The fourth-order valence-electron chi connectivity index (χ4n) is 6.23. The highest BCUT2D eigenvalue weighted by Crippen LogP contribution is 2.32. The summed E-state index contributed by atoms with van der Waals surface area (Å²) in [6.07, 6.45) is -8.75. The second kappa shape index (κ2) is 21.2. The van der Waals surface area contributed by atoms with Gasteiger partial charge < -0.3 is 53.3 Å². The highest BCUT2D eigenvalue weighted by atomic mass is 16.7. The molecule has 17 nitrogen and oxygen atoms in total. The van der Waals surface area contributed by atoms with Crippen LogP contribution < -0.4 is 10.6 Å². The average Bonchev–Trinajstić information content (AvgIpc) is 3.14. The minimum absolute atomic E-state index is 0.00717. The molecule has 17 heteroatoms. The number of carbonyl (C=O) groups is 6. The third-order valence-corrected chi connectivity index (χ3v) is 8.43. The molecule has 10 atom stereocenters. The Labute approximate surface area is 324 Å². The first-order chi connectivity index (χ1) is 26.8. The maximum Gasteiger partial charge on any atom is 0.338 e. The number of hydrogen-bond donors (Lipinski definition) is 2. The van der Waals surface area contributed by atoms with Crippen molar-refractivity contribution in [3.8, 4) is 0 Å². The molecule has 0 spiro atoms. The molecule has 304 valence electrons. The van der Waals surface area contributed by atoms with Crippen LogP contribution in [0.1, 0.15) is 50.5 Å². The number of carbonyl (C=O) groups excluding carboxylic acids is 6. The normalized spacial score (nSPS) is 27.2. The van der Waals surface area contributed by atoms with Gasteiger partial charge in [-0.25, -0.2) is 4.79 Å². The summed E-state index contributed by atoms with van der Waals surface area (Å²) in [4.78, 5) is 75.2. The lowest BCUT2D eigenvalue weighted by Gasteiger charge is -2.47. The summed E-state index contributed by atoms with van der Waals surface area (Å²) in [5.74, 6) is -4.01. The standard InChI is InChI=1S/C39H48N2O15/c1-7-18-48-38-31(40-22(2)42)35(56-37(47)28-16-12-9-13-17-28)33(50-19-27-14-10-8-11-15-27)29(54-38)21-51-39-32(41-23(3)43)36(53-26(6)46)34(52-25(5)45)30(55-39)20-49-24(4)44/h7-17,29-36,38-39H,1,18-21H2,2-6H3,(H,40,42)(H,41,43)/t29-,30-,31-,32-,33-,34-,35-,36-,38-,39-/m1/s1. The molecule has 0 bridgehead atoms.